The number of nitrogens with one attached hydrogen (secondary N) is 1. The molecule has 7 rings (SSSR count). The lowest BCUT2D eigenvalue weighted by Crippen LogP contribution is -2.18. The predicted molar refractivity (Wildman–Crippen MR) is 227 cm³/mol. The highest BCUT2D eigenvalue weighted by Gasteiger charge is 2.31. The molecule has 0 fully saturated rings. The zero-order valence-corrected chi connectivity index (χ0v) is 34.0. The van der Waals surface area contributed by atoms with E-state index in [-0.39, 0.29) is 13.2 Å². The van der Waals surface area contributed by atoms with E-state index in [1.54, 1.807) is 65.4 Å². The van der Waals surface area contributed by atoms with Gasteiger partial charge in [-0.05, 0) is 41.3 Å². The van der Waals surface area contributed by atoms with E-state index in [1.807, 2.05) is 126 Å². The van der Waals surface area contributed by atoms with Crippen molar-refractivity contribution >= 4 is 82.7 Å². The summed E-state index contributed by atoms with van der Waals surface area (Å²) in [5, 5.41) is 4.42. The molecule has 270 valence electrons. The van der Waals surface area contributed by atoms with Crippen LogP contribution in [0.3, 0.4) is 0 Å². The van der Waals surface area contributed by atoms with E-state index in [0.29, 0.717) is 29.4 Å². The molecule has 13 heteroatoms. The van der Waals surface area contributed by atoms with E-state index in [0.717, 1.165) is 27.3 Å². The average Bonchev–Trinajstić information content (AvgIpc) is 3.89. The monoisotopic (exact) mass is 813 g/mol. The van der Waals surface area contributed by atoms with E-state index in [2.05, 4.69) is 29.2 Å². The van der Waals surface area contributed by atoms with Crippen LogP contribution in [0.15, 0.2) is 141 Å². The van der Waals surface area contributed by atoms with Gasteiger partial charge in [0.25, 0.3) is 5.91 Å². The second-order valence-electron chi connectivity index (χ2n) is 11.6. The lowest BCUT2D eigenvalue weighted by molar-refractivity contribution is 0.0953. The van der Waals surface area contributed by atoms with Crippen molar-refractivity contribution in [3.05, 3.63) is 154 Å². The topological polar surface area (TPSA) is 74.1 Å². The number of aryl methyl sites for hydroxylation is 1. The van der Waals surface area contributed by atoms with Crippen molar-refractivity contribution in [1.29, 1.82) is 0 Å². The maximum Gasteiger partial charge on any atom is 0.271 e. The van der Waals surface area contributed by atoms with Crippen molar-refractivity contribution in [1.82, 2.24) is 9.99 Å². The van der Waals surface area contributed by atoms with Gasteiger partial charge in [-0.3, -0.25) is 4.79 Å². The number of carbonyl (C=O) groups is 1. The van der Waals surface area contributed by atoms with Gasteiger partial charge in [0.05, 0.1) is 33.8 Å². The van der Waals surface area contributed by atoms with Gasteiger partial charge in [0.1, 0.15) is 19.8 Å². The Morgan fingerprint density at radius 1 is 0.717 bits per heavy atom. The smallest absolute Gasteiger partial charge is 0.271 e. The molecule has 0 atom stereocenters. The average molecular weight is 814 g/mol. The molecule has 0 unspecified atom stereocenters. The maximum absolute atomic E-state index is 13.8. The van der Waals surface area contributed by atoms with E-state index in [9.17, 15) is 4.79 Å². The molecule has 0 radical (unpaired) electrons. The molecule has 53 heavy (non-hydrogen) atoms. The SMILES string of the molecule is CSC1=C(SC)SC(=C2Sc3cn(C)c(/C=N/NC(=O)c4cc(OCc5ccccc5)c(OCc5ccccc5)c(OCc5ccccc5)c4)c3S2)S1. The molecule has 7 nitrogen and oxygen atoms in total. The number of nitrogens with zero attached hydrogens (tertiary/aromatic N) is 2. The molecule has 2 aliphatic rings. The van der Waals surface area contributed by atoms with E-state index < -0.39 is 5.91 Å². The minimum Gasteiger partial charge on any atom is -0.485 e. The number of thioether (sulfide) groups is 6. The molecule has 1 N–H and O–H groups in total. The van der Waals surface area contributed by atoms with Gasteiger partial charge in [-0.2, -0.15) is 5.10 Å². The summed E-state index contributed by atoms with van der Waals surface area (Å²) in [4.78, 5) is 16.1. The third kappa shape index (κ3) is 9.33. The number of ether oxygens (including phenoxy) is 3. The van der Waals surface area contributed by atoms with Crippen LogP contribution in [-0.4, -0.2) is 29.2 Å². The fourth-order valence-corrected chi connectivity index (χ4v) is 13.3. The first-order chi connectivity index (χ1) is 26.0. The molecule has 0 saturated carbocycles. The first-order valence-electron chi connectivity index (χ1n) is 16.5. The third-order valence-corrected chi connectivity index (χ3v) is 16.3. The van der Waals surface area contributed by atoms with Gasteiger partial charge in [0.2, 0.25) is 5.75 Å². The minimum absolute atomic E-state index is 0.278. The van der Waals surface area contributed by atoms with Crippen molar-refractivity contribution in [2.45, 2.75) is 29.6 Å². The molecule has 0 bridgehead atoms. The van der Waals surface area contributed by atoms with Crippen molar-refractivity contribution in [3.8, 4) is 17.2 Å². The standard InChI is InChI=1S/C40H35N3O4S6/c1-43-22-33-35(51-39(50-33)40-52-37(48-2)38(49-3)53-40)30(43)21-41-42-36(44)29-19-31(45-23-26-13-7-4-8-14-26)34(47-25-28-17-11-6-12-18-28)32(20-29)46-24-27-15-9-5-10-16-27/h4-22H,23-25H2,1-3H3,(H,42,44)/b41-21+. The number of hydrogen-bond donors (Lipinski definition) is 1. The summed E-state index contributed by atoms with van der Waals surface area (Å²) in [7, 11) is 1.99. The number of rotatable bonds is 14. The Kier molecular flexibility index (Phi) is 12.8. The third-order valence-electron chi connectivity index (χ3n) is 7.96. The normalized spacial score (nSPS) is 13.9. The molecule has 0 spiro atoms. The summed E-state index contributed by atoms with van der Waals surface area (Å²) < 4.78 is 26.5. The quantitative estimate of drug-likeness (QED) is 0.0865. The van der Waals surface area contributed by atoms with Gasteiger partial charge in [-0.15, -0.1) is 23.5 Å². The van der Waals surface area contributed by atoms with Crippen LogP contribution in [0.2, 0.25) is 0 Å². The van der Waals surface area contributed by atoms with Crippen LogP contribution in [0, 0.1) is 0 Å². The zero-order valence-electron chi connectivity index (χ0n) is 29.1. The van der Waals surface area contributed by atoms with Gasteiger partial charge >= 0.3 is 0 Å². The van der Waals surface area contributed by atoms with Crippen molar-refractivity contribution in [3.63, 3.8) is 0 Å². The number of hydrogen-bond acceptors (Lipinski definition) is 11. The van der Waals surface area contributed by atoms with Crippen LogP contribution in [0.4, 0.5) is 0 Å². The predicted octanol–water partition coefficient (Wildman–Crippen LogP) is 11.2. The lowest BCUT2D eigenvalue weighted by atomic mass is 10.1. The molecule has 1 amide bonds. The van der Waals surface area contributed by atoms with Gasteiger partial charge in [-0.1, -0.05) is 138 Å². The first-order valence-corrected chi connectivity index (χ1v) is 22.2. The van der Waals surface area contributed by atoms with Crippen molar-refractivity contribution in [2.24, 2.45) is 12.1 Å². The summed E-state index contributed by atoms with van der Waals surface area (Å²) in [6.07, 6.45) is 8.09. The Hall–Kier alpha value is -3.72. The summed E-state index contributed by atoms with van der Waals surface area (Å²) in [5.41, 5.74) is 6.95. The van der Waals surface area contributed by atoms with Crippen LogP contribution in [-0.2, 0) is 26.9 Å². The highest BCUT2D eigenvalue weighted by Crippen LogP contribution is 2.64. The summed E-state index contributed by atoms with van der Waals surface area (Å²) in [5.74, 6) is 0.803. The number of fused-ring (bicyclic) bond motifs is 1. The van der Waals surface area contributed by atoms with E-state index in [4.69, 9.17) is 14.2 Å². The minimum atomic E-state index is -0.403. The molecule has 0 aliphatic carbocycles. The second-order valence-corrected chi connectivity index (χ2v) is 18.4. The molecular weight excluding hydrogens is 779 g/mol. The number of carbonyl (C=O) groups excluding carboxylic acids is 1. The Balaban J connectivity index is 1.14. The van der Waals surface area contributed by atoms with Gasteiger partial charge in [-0.25, -0.2) is 5.43 Å². The fourth-order valence-electron chi connectivity index (χ4n) is 5.30. The fraction of sp³-hybridized carbons (Fsp3) is 0.150. The number of hydrazone groups is 1. The second kappa shape index (κ2) is 18.1. The first kappa shape index (κ1) is 37.6. The molecule has 4 aromatic carbocycles. The highest BCUT2D eigenvalue weighted by molar-refractivity contribution is 8.41. The van der Waals surface area contributed by atoms with Crippen LogP contribution >= 0.6 is 70.6 Å². The number of benzene rings is 4. The summed E-state index contributed by atoms with van der Waals surface area (Å²) in [6, 6.07) is 33.0. The van der Waals surface area contributed by atoms with E-state index >= 15 is 0 Å². The Bertz CT molecular complexity index is 2090. The Labute approximate surface area is 335 Å². The molecular formula is C40H35N3O4S6. The Morgan fingerprint density at radius 3 is 1.72 bits per heavy atom. The van der Waals surface area contributed by atoms with Crippen LogP contribution in [0.25, 0.3) is 0 Å². The van der Waals surface area contributed by atoms with E-state index in [1.165, 1.54) is 21.8 Å². The van der Waals surface area contributed by atoms with Gasteiger partial charge in [0, 0.05) is 23.7 Å². The van der Waals surface area contributed by atoms with Crippen molar-refractivity contribution < 1.29 is 19.0 Å². The largest absolute Gasteiger partial charge is 0.485 e. The van der Waals surface area contributed by atoms with Crippen LogP contribution < -0.4 is 19.6 Å². The van der Waals surface area contributed by atoms with Gasteiger partial charge in [0.15, 0.2) is 11.5 Å². The van der Waals surface area contributed by atoms with Crippen molar-refractivity contribution in [2.75, 3.05) is 12.5 Å². The number of amides is 1. The molecule has 1 aromatic heterocycles. The summed E-state index contributed by atoms with van der Waals surface area (Å²) >= 11 is 10.8. The highest BCUT2D eigenvalue weighted by atomic mass is 32.3. The molecule has 2 aliphatic heterocycles. The lowest BCUT2D eigenvalue weighted by Gasteiger charge is -2.19. The maximum atomic E-state index is 13.8. The molecule has 3 heterocycles. The van der Waals surface area contributed by atoms with Gasteiger partial charge < -0.3 is 18.8 Å². The zero-order chi connectivity index (χ0) is 36.6. The Morgan fingerprint density at radius 2 is 1.21 bits per heavy atom. The number of aromatic nitrogens is 1. The van der Waals surface area contributed by atoms with Crippen LogP contribution in [0.5, 0.6) is 17.2 Å². The molecule has 5 aromatic rings. The van der Waals surface area contributed by atoms with Crippen LogP contribution in [0.1, 0.15) is 32.7 Å². The molecule has 0 saturated heterocycles. The summed E-state index contributed by atoms with van der Waals surface area (Å²) in [6.45, 7) is 0.849.